The molecule has 0 spiro atoms. The van der Waals surface area contributed by atoms with Crippen LogP contribution < -0.4 is 25.6 Å². The molecule has 2 amide bonds. The van der Waals surface area contributed by atoms with Crippen LogP contribution in [0.1, 0.15) is 11.1 Å². The van der Waals surface area contributed by atoms with Crippen LogP contribution in [-0.2, 0) is 22.6 Å². The van der Waals surface area contributed by atoms with E-state index >= 15 is 0 Å². The van der Waals surface area contributed by atoms with Crippen LogP contribution in [0.25, 0.3) is 11.1 Å². The largest absolute Gasteiger partial charge is 0.493 e. The van der Waals surface area contributed by atoms with Crippen molar-refractivity contribution in [3.8, 4) is 16.9 Å². The lowest BCUT2D eigenvalue weighted by atomic mass is 10.0. The minimum Gasteiger partial charge on any atom is -0.493 e. The summed E-state index contributed by atoms with van der Waals surface area (Å²) >= 11 is 6.43. The molecule has 21 heteroatoms. The Labute approximate surface area is 342 Å². The fourth-order valence-corrected chi connectivity index (χ4v) is 5.74. The molecule has 60 heavy (non-hydrogen) atoms. The van der Waals surface area contributed by atoms with Gasteiger partial charge in [-0.3, -0.25) is 0 Å². The van der Waals surface area contributed by atoms with Crippen LogP contribution in [-0.4, -0.2) is 93.2 Å². The Bertz CT molecular complexity index is 2250. The minimum atomic E-state index is -5.08. The fourth-order valence-electron chi connectivity index (χ4n) is 5.60. The van der Waals surface area contributed by atoms with E-state index in [0.717, 1.165) is 45.2 Å². The quantitative estimate of drug-likeness (QED) is 0.110. The summed E-state index contributed by atoms with van der Waals surface area (Å²) in [5.74, 6) is -2.95. The summed E-state index contributed by atoms with van der Waals surface area (Å²) in [7, 11) is 0. The number of piperazine rings is 1. The number of hydrogen-bond donors (Lipinski definition) is 5. The zero-order valence-electron chi connectivity index (χ0n) is 31.1. The number of fused-ring (bicyclic) bond motifs is 6. The monoisotopic (exact) mass is 860 g/mol. The molecule has 0 radical (unpaired) electrons. The van der Waals surface area contributed by atoms with E-state index in [1.807, 2.05) is 71.8 Å². The maximum Gasteiger partial charge on any atom is 0.490 e. The molecular formula is C39H35ClF6N8O6. The molecule has 4 heterocycles. The smallest absolute Gasteiger partial charge is 0.490 e. The van der Waals surface area contributed by atoms with Gasteiger partial charge in [-0.05, 0) is 58.7 Å². The lowest BCUT2D eigenvalue weighted by molar-refractivity contribution is -0.193. The molecule has 3 aromatic carbocycles. The molecule has 2 aromatic heterocycles. The number of carboxylic acid groups (broad SMARTS) is 2. The highest BCUT2D eigenvalue weighted by molar-refractivity contribution is 6.32. The van der Waals surface area contributed by atoms with Gasteiger partial charge in [0.05, 0.1) is 12.8 Å². The zero-order valence-corrected chi connectivity index (χ0v) is 31.9. The third kappa shape index (κ3) is 13.1. The van der Waals surface area contributed by atoms with Crippen molar-refractivity contribution in [1.82, 2.24) is 25.2 Å². The number of hydrogen-bond acceptors (Lipinski definition) is 10. The van der Waals surface area contributed by atoms with Crippen molar-refractivity contribution in [2.24, 2.45) is 0 Å². The topological polar surface area (TPSA) is 182 Å². The highest BCUT2D eigenvalue weighted by Crippen LogP contribution is 2.31. The molecule has 0 unspecified atom stereocenters. The average molecular weight is 861 g/mol. The standard InChI is InChI=1S/C35H33ClN8O2.2C2HF3O2/c36-31-23-38-34-41-29-18-25(10-16-46-30-8-4-7-28(21-30)40-33(31)42-34)17-27(19-29)26-9-11-37-32(20-26)43-12-14-44(15-13-43)35(45)39-22-24-5-2-1-3-6-24;2*3-2(4,5)1(6)7/h1-9,11,17-21,23H,10,12-16,22H2,(H,39,45)(H2,38,40,41,42);2*(H,6,7). The van der Waals surface area contributed by atoms with Crippen LogP contribution in [0.5, 0.6) is 5.75 Å². The van der Waals surface area contributed by atoms with Crippen molar-refractivity contribution in [1.29, 1.82) is 0 Å². The third-order valence-corrected chi connectivity index (χ3v) is 8.77. The van der Waals surface area contributed by atoms with Gasteiger partial charge in [0, 0.05) is 62.8 Å². The van der Waals surface area contributed by atoms with Crippen molar-refractivity contribution < 1.29 is 55.7 Å². The van der Waals surface area contributed by atoms with E-state index in [9.17, 15) is 31.1 Å². The zero-order chi connectivity index (χ0) is 43.5. The van der Waals surface area contributed by atoms with Crippen molar-refractivity contribution in [3.63, 3.8) is 0 Å². The number of anilines is 5. The Hall–Kier alpha value is -6.83. The van der Waals surface area contributed by atoms with E-state index < -0.39 is 24.3 Å². The molecule has 0 saturated carbocycles. The number of nitrogens with one attached hydrogen (secondary N) is 3. The molecule has 2 aliphatic heterocycles. The van der Waals surface area contributed by atoms with E-state index in [2.05, 4.69) is 60.1 Å². The Morgan fingerprint density at radius 3 is 2.13 bits per heavy atom. The maximum absolute atomic E-state index is 12.8. The van der Waals surface area contributed by atoms with Gasteiger partial charge in [-0.15, -0.1) is 0 Å². The summed E-state index contributed by atoms with van der Waals surface area (Å²) < 4.78 is 69.6. The molecule has 7 rings (SSSR count). The first-order valence-electron chi connectivity index (χ1n) is 17.8. The number of rotatable bonds is 4. The highest BCUT2D eigenvalue weighted by atomic mass is 35.5. The van der Waals surface area contributed by atoms with E-state index in [-0.39, 0.29) is 6.03 Å². The number of halogens is 7. The second-order valence-corrected chi connectivity index (χ2v) is 13.2. The third-order valence-electron chi connectivity index (χ3n) is 8.49. The molecule has 316 valence electrons. The van der Waals surface area contributed by atoms with E-state index in [1.165, 1.54) is 0 Å². The molecule has 1 fully saturated rings. The number of carbonyl (C=O) groups is 3. The van der Waals surface area contributed by atoms with Gasteiger partial charge in [0.25, 0.3) is 0 Å². The van der Waals surface area contributed by atoms with Gasteiger partial charge in [-0.1, -0.05) is 54.1 Å². The predicted molar refractivity (Wildman–Crippen MR) is 209 cm³/mol. The molecule has 0 aliphatic carbocycles. The summed E-state index contributed by atoms with van der Waals surface area (Å²) in [6.45, 7) is 3.67. The second kappa shape index (κ2) is 19.7. The Kier molecular flexibility index (Phi) is 14.6. The molecule has 5 N–H and O–H groups in total. The molecule has 1 saturated heterocycles. The maximum atomic E-state index is 12.8. The lowest BCUT2D eigenvalue weighted by Gasteiger charge is -2.35. The van der Waals surface area contributed by atoms with Crippen molar-refractivity contribution in [2.75, 3.05) is 48.3 Å². The number of carbonyl (C=O) groups excluding carboxylic acids is 1. The van der Waals surface area contributed by atoms with Gasteiger partial charge in [-0.25, -0.2) is 24.4 Å². The fraction of sp³-hybridized carbons (Fsp3) is 0.231. The number of urea groups is 1. The van der Waals surface area contributed by atoms with Crippen LogP contribution in [0.3, 0.4) is 0 Å². The van der Waals surface area contributed by atoms with Gasteiger partial charge in [0.2, 0.25) is 5.95 Å². The molecule has 2 aliphatic rings. The molecule has 14 nitrogen and oxygen atoms in total. The van der Waals surface area contributed by atoms with Crippen LogP contribution in [0.4, 0.5) is 60.1 Å². The molecule has 5 aromatic rings. The van der Waals surface area contributed by atoms with Crippen molar-refractivity contribution in [2.45, 2.75) is 25.3 Å². The second-order valence-electron chi connectivity index (χ2n) is 12.8. The van der Waals surface area contributed by atoms with Gasteiger partial charge >= 0.3 is 30.3 Å². The van der Waals surface area contributed by atoms with Gasteiger partial charge < -0.3 is 40.7 Å². The van der Waals surface area contributed by atoms with E-state index in [0.29, 0.717) is 62.5 Å². The molecular weight excluding hydrogens is 826 g/mol. The summed E-state index contributed by atoms with van der Waals surface area (Å²) in [5, 5.41) is 24.3. The number of nitrogens with zero attached hydrogens (tertiary/aromatic N) is 5. The van der Waals surface area contributed by atoms with Crippen molar-refractivity contribution in [3.05, 3.63) is 113 Å². The number of benzene rings is 3. The summed E-state index contributed by atoms with van der Waals surface area (Å²) in [6, 6.07) is 28.1. The Morgan fingerprint density at radius 1 is 0.783 bits per heavy atom. The normalized spacial score (nSPS) is 13.6. The first kappa shape index (κ1) is 44.3. The van der Waals surface area contributed by atoms with Crippen LogP contribution >= 0.6 is 11.6 Å². The highest BCUT2D eigenvalue weighted by Gasteiger charge is 2.39. The number of alkyl halides is 6. The van der Waals surface area contributed by atoms with Gasteiger partial charge in [0.15, 0.2) is 5.82 Å². The van der Waals surface area contributed by atoms with Crippen molar-refractivity contribution >= 4 is 58.5 Å². The summed E-state index contributed by atoms with van der Waals surface area (Å²) in [5.41, 5.74) is 5.93. The predicted octanol–water partition coefficient (Wildman–Crippen LogP) is 7.91. The summed E-state index contributed by atoms with van der Waals surface area (Å²) in [4.78, 5) is 48.4. The lowest BCUT2D eigenvalue weighted by Crippen LogP contribution is -2.51. The van der Waals surface area contributed by atoms with E-state index in [1.54, 1.807) is 6.20 Å². The molecule has 0 atom stereocenters. The number of aliphatic carboxylic acids is 2. The first-order valence-corrected chi connectivity index (χ1v) is 18.1. The number of pyridine rings is 1. The minimum absolute atomic E-state index is 0.0442. The number of ether oxygens (including phenoxy) is 1. The number of amides is 2. The first-order chi connectivity index (χ1) is 28.4. The van der Waals surface area contributed by atoms with E-state index in [4.69, 9.17) is 36.1 Å². The SMILES string of the molecule is O=C(NCc1ccccc1)N1CCN(c2cc(-c3cc4cc(c3)Nc3ncc(Cl)c(n3)Nc3cccc(c3)OCC4)ccn2)CC1.O=C(O)C(F)(F)F.O=C(O)C(F)(F)F. The van der Waals surface area contributed by atoms with Crippen LogP contribution in [0.15, 0.2) is 97.3 Å². The Balaban J connectivity index is 0.000000420. The number of carboxylic acids is 2. The van der Waals surface area contributed by atoms with Crippen LogP contribution in [0, 0.1) is 0 Å². The van der Waals surface area contributed by atoms with Gasteiger partial charge in [0.1, 0.15) is 16.6 Å². The van der Waals surface area contributed by atoms with Gasteiger partial charge in [-0.2, -0.15) is 31.3 Å². The van der Waals surface area contributed by atoms with Crippen LogP contribution in [0.2, 0.25) is 5.02 Å². The molecule has 6 bridgehead atoms. The average Bonchev–Trinajstić information content (AvgIpc) is 3.21. The number of aromatic nitrogens is 3. The summed E-state index contributed by atoms with van der Waals surface area (Å²) in [6.07, 6.45) is -6.04. The Morgan fingerprint density at radius 2 is 1.47 bits per heavy atom.